The number of fused-ring (bicyclic) bond motifs is 2. The van der Waals surface area contributed by atoms with Crippen molar-refractivity contribution in [2.24, 2.45) is 16.5 Å². The van der Waals surface area contributed by atoms with Gasteiger partial charge in [-0.15, -0.1) is 0 Å². The smallest absolute Gasteiger partial charge is 0.264 e. The molecule has 0 spiro atoms. The van der Waals surface area contributed by atoms with Crippen molar-refractivity contribution in [3.05, 3.63) is 95.7 Å². The molecule has 0 saturated heterocycles. The molecule has 3 aromatic carbocycles. The lowest BCUT2D eigenvalue weighted by Gasteiger charge is -2.44. The van der Waals surface area contributed by atoms with Crippen LogP contribution < -0.4 is 15.8 Å². The molecule has 2 aliphatic rings. The van der Waals surface area contributed by atoms with Gasteiger partial charge in [-0.2, -0.15) is 10.1 Å². The van der Waals surface area contributed by atoms with E-state index in [1.54, 1.807) is 23.2 Å². The number of para-hydroxylation sites is 1. The summed E-state index contributed by atoms with van der Waals surface area (Å²) < 4.78 is 29.4. The Bertz CT molecular complexity index is 1590. The maximum Gasteiger partial charge on any atom is 0.264 e. The average molecular weight is 514 g/mol. The summed E-state index contributed by atoms with van der Waals surface area (Å²) in [5.74, 6) is 0.754. The quantitative estimate of drug-likeness (QED) is 0.383. The van der Waals surface area contributed by atoms with Crippen molar-refractivity contribution >= 4 is 27.5 Å². The zero-order valence-corrected chi connectivity index (χ0v) is 21.1. The zero-order chi connectivity index (χ0) is 25.7. The van der Waals surface area contributed by atoms with E-state index in [1.165, 1.54) is 9.87 Å². The summed E-state index contributed by atoms with van der Waals surface area (Å²) >= 11 is 0. The molecule has 9 nitrogen and oxygen atoms in total. The molecular weight excluding hydrogens is 486 g/mol. The number of hydrogen-bond acceptors (Lipinski definition) is 7. The summed E-state index contributed by atoms with van der Waals surface area (Å²) in [5, 5.41) is 6.83. The average Bonchev–Trinajstić information content (AvgIpc) is 3.37. The number of hydrogen-bond donors (Lipinski definition) is 3. The highest BCUT2D eigenvalue weighted by molar-refractivity contribution is 7.92. The maximum atomic E-state index is 14.0. The first-order chi connectivity index (χ1) is 17.8. The van der Waals surface area contributed by atoms with Gasteiger partial charge in [0.2, 0.25) is 0 Å². The van der Waals surface area contributed by atoms with Crippen LogP contribution in [0, 0.1) is 6.92 Å². The molecule has 10 heteroatoms. The molecule has 188 valence electrons. The van der Waals surface area contributed by atoms with Gasteiger partial charge in [-0.3, -0.25) is 9.40 Å². The summed E-state index contributed by atoms with van der Waals surface area (Å²) in [5.41, 5.74) is 18.3. The summed E-state index contributed by atoms with van der Waals surface area (Å²) in [6.45, 7) is 2.21. The van der Waals surface area contributed by atoms with Gasteiger partial charge in [0.25, 0.3) is 10.0 Å². The minimum atomic E-state index is -3.87. The summed E-state index contributed by atoms with van der Waals surface area (Å²) in [6.07, 6.45) is 1.61. The van der Waals surface area contributed by atoms with Crippen molar-refractivity contribution in [1.29, 1.82) is 0 Å². The predicted octanol–water partition coefficient (Wildman–Crippen LogP) is 3.42. The molecule has 0 fully saturated rings. The highest BCUT2D eigenvalue weighted by Crippen LogP contribution is 2.37. The third-order valence-corrected chi connectivity index (χ3v) is 8.86. The Morgan fingerprint density at radius 2 is 1.65 bits per heavy atom. The van der Waals surface area contributed by atoms with Crippen LogP contribution in [0.4, 0.5) is 11.5 Å². The molecule has 4 aromatic rings. The van der Waals surface area contributed by atoms with Crippen LogP contribution in [-0.2, 0) is 16.4 Å². The van der Waals surface area contributed by atoms with Gasteiger partial charge in [-0.1, -0.05) is 60.2 Å². The van der Waals surface area contributed by atoms with E-state index in [1.807, 2.05) is 67.6 Å². The Labute approximate surface area is 215 Å². The number of aryl methyl sites for hydroxylation is 1. The van der Waals surface area contributed by atoms with Crippen LogP contribution in [0.15, 0.2) is 88.9 Å². The highest BCUT2D eigenvalue weighted by atomic mass is 32.2. The van der Waals surface area contributed by atoms with Crippen molar-refractivity contribution in [2.45, 2.75) is 30.4 Å². The predicted molar refractivity (Wildman–Crippen MR) is 144 cm³/mol. The molecule has 2 unspecified atom stereocenters. The number of aromatic nitrogens is 2. The first-order valence-corrected chi connectivity index (χ1v) is 13.5. The van der Waals surface area contributed by atoms with Crippen LogP contribution in [0.25, 0.3) is 11.1 Å². The van der Waals surface area contributed by atoms with E-state index >= 15 is 0 Å². The minimum Gasteiger partial charge on any atom is -0.369 e. The molecule has 2 aliphatic heterocycles. The number of rotatable bonds is 4. The van der Waals surface area contributed by atoms with Gasteiger partial charge in [-0.05, 0) is 48.2 Å². The minimum absolute atomic E-state index is 0.177. The summed E-state index contributed by atoms with van der Waals surface area (Å²) in [4.78, 5) is 6.42. The molecule has 0 aliphatic carbocycles. The first-order valence-electron chi connectivity index (χ1n) is 12.0. The van der Waals surface area contributed by atoms with Gasteiger partial charge in [0.1, 0.15) is 6.17 Å². The van der Waals surface area contributed by atoms with Crippen LogP contribution in [-0.4, -0.2) is 42.1 Å². The number of anilines is 1. The highest BCUT2D eigenvalue weighted by Gasteiger charge is 2.40. The molecular formula is C27H27N7O2S. The van der Waals surface area contributed by atoms with E-state index in [2.05, 4.69) is 15.2 Å². The molecule has 0 bridgehead atoms. The van der Waals surface area contributed by atoms with Crippen LogP contribution in [0.3, 0.4) is 0 Å². The Kier molecular flexibility index (Phi) is 5.50. The lowest BCUT2D eigenvalue weighted by atomic mass is 9.97. The lowest BCUT2D eigenvalue weighted by molar-refractivity contribution is 0.233. The Hall–Kier alpha value is -4.15. The maximum absolute atomic E-state index is 14.0. The van der Waals surface area contributed by atoms with Gasteiger partial charge < -0.3 is 16.4 Å². The normalized spacial score (nSPS) is 19.2. The van der Waals surface area contributed by atoms with Crippen LogP contribution >= 0.6 is 0 Å². The molecule has 1 aromatic heterocycles. The van der Waals surface area contributed by atoms with Crippen molar-refractivity contribution in [3.63, 3.8) is 0 Å². The molecule has 2 atom stereocenters. The third kappa shape index (κ3) is 3.94. The van der Waals surface area contributed by atoms with Crippen molar-refractivity contribution in [3.8, 4) is 11.1 Å². The number of nitrogens with one attached hydrogen (secondary N) is 1. The SMILES string of the molecule is Cc1ccc(-c2ccc(S(=O)(=O)N3CC(N4C(N)=Nc5[nH]ncc5C4N)Cc4ccccc43)cc2)cc1. The number of nitrogens with zero attached hydrogens (tertiary/aromatic N) is 4. The van der Waals surface area contributed by atoms with E-state index in [0.29, 0.717) is 23.5 Å². The Morgan fingerprint density at radius 1 is 0.973 bits per heavy atom. The van der Waals surface area contributed by atoms with Gasteiger partial charge >= 0.3 is 0 Å². The largest absolute Gasteiger partial charge is 0.369 e. The summed E-state index contributed by atoms with van der Waals surface area (Å²) in [7, 11) is -3.87. The fourth-order valence-electron chi connectivity index (χ4n) is 5.11. The van der Waals surface area contributed by atoms with Crippen molar-refractivity contribution in [2.75, 3.05) is 10.8 Å². The Balaban J connectivity index is 1.35. The van der Waals surface area contributed by atoms with Crippen molar-refractivity contribution < 1.29 is 8.42 Å². The Morgan fingerprint density at radius 3 is 2.38 bits per heavy atom. The number of H-pyrrole nitrogens is 1. The molecule has 0 radical (unpaired) electrons. The van der Waals surface area contributed by atoms with Crippen LogP contribution in [0.2, 0.25) is 0 Å². The second-order valence-electron chi connectivity index (χ2n) is 9.41. The molecule has 3 heterocycles. The standard InChI is InChI=1S/C27H27N7O2S/c1-17-6-8-18(9-7-17)19-10-12-22(13-11-19)37(35,36)33-16-21(14-20-4-2-3-5-24(20)33)34-25(28)23-15-30-32-26(23)31-27(34)29/h2-13,15,21,25H,14,16,28H2,1H3,(H3,29,30,31,32). The zero-order valence-electron chi connectivity index (χ0n) is 20.2. The molecule has 37 heavy (non-hydrogen) atoms. The second-order valence-corrected chi connectivity index (χ2v) is 11.3. The number of guanidine groups is 1. The van der Waals surface area contributed by atoms with Gasteiger partial charge in [-0.25, -0.2) is 8.42 Å². The van der Waals surface area contributed by atoms with E-state index < -0.39 is 16.2 Å². The second kappa shape index (κ2) is 8.75. The van der Waals surface area contributed by atoms with Crippen LogP contribution in [0.1, 0.15) is 22.9 Å². The van der Waals surface area contributed by atoms with Gasteiger partial charge in [0.05, 0.1) is 34.9 Å². The van der Waals surface area contributed by atoms with Crippen molar-refractivity contribution in [1.82, 2.24) is 15.1 Å². The number of aromatic amines is 1. The number of benzene rings is 3. The molecule has 0 amide bonds. The third-order valence-electron chi connectivity index (χ3n) is 7.07. The summed E-state index contributed by atoms with van der Waals surface area (Å²) in [6, 6.07) is 22.4. The lowest BCUT2D eigenvalue weighted by Crippen LogP contribution is -2.57. The van der Waals surface area contributed by atoms with E-state index in [0.717, 1.165) is 16.7 Å². The number of sulfonamides is 1. The fraction of sp³-hybridized carbons (Fsp3) is 0.185. The van der Waals surface area contributed by atoms with Gasteiger partial charge in [0.15, 0.2) is 11.8 Å². The van der Waals surface area contributed by atoms with Gasteiger partial charge in [0, 0.05) is 0 Å². The molecule has 5 N–H and O–H groups in total. The topological polar surface area (TPSA) is 134 Å². The first kappa shape index (κ1) is 23.3. The van der Waals surface area contributed by atoms with E-state index in [9.17, 15) is 8.42 Å². The number of nitrogens with two attached hydrogens (primary N) is 2. The monoisotopic (exact) mass is 513 g/mol. The van der Waals surface area contributed by atoms with E-state index in [4.69, 9.17) is 11.5 Å². The van der Waals surface area contributed by atoms with Crippen LogP contribution in [0.5, 0.6) is 0 Å². The molecule has 0 saturated carbocycles. The fourth-order valence-corrected chi connectivity index (χ4v) is 6.65. The van der Waals surface area contributed by atoms with E-state index in [-0.39, 0.29) is 23.4 Å². The number of aliphatic imine (C=N–C) groups is 1. The molecule has 6 rings (SSSR count).